The summed E-state index contributed by atoms with van der Waals surface area (Å²) in [4.78, 5) is 31.9. The van der Waals surface area contributed by atoms with E-state index in [2.05, 4.69) is 4.98 Å². The van der Waals surface area contributed by atoms with E-state index < -0.39 is 6.10 Å². The smallest absolute Gasteiger partial charge is 0.331 e. The first-order chi connectivity index (χ1) is 13.2. The lowest BCUT2D eigenvalue weighted by Crippen LogP contribution is -2.38. The van der Waals surface area contributed by atoms with Crippen LogP contribution in [0.4, 0.5) is 0 Å². The van der Waals surface area contributed by atoms with E-state index in [1.807, 2.05) is 33.8 Å². The van der Waals surface area contributed by atoms with Gasteiger partial charge in [0.2, 0.25) is 0 Å². The van der Waals surface area contributed by atoms with Crippen LogP contribution in [-0.4, -0.2) is 24.5 Å². The minimum atomic E-state index is -0.903. The summed E-state index contributed by atoms with van der Waals surface area (Å²) in [6.07, 6.45) is 2.37. The molecule has 0 saturated carbocycles. The Kier molecular flexibility index (Phi) is 6.12. The van der Waals surface area contributed by atoms with E-state index in [1.54, 1.807) is 34.8 Å². The van der Waals surface area contributed by atoms with Crippen molar-refractivity contribution in [1.82, 2.24) is 14.1 Å². The number of nitrogens with zero attached hydrogens (tertiary/aromatic N) is 3. The zero-order chi connectivity index (χ0) is 20.6. The predicted octanol–water partition coefficient (Wildman–Crippen LogP) is 3.39. The first kappa shape index (κ1) is 20.8. The second-order valence-electron chi connectivity index (χ2n) is 7.48. The van der Waals surface area contributed by atoms with Crippen molar-refractivity contribution in [3.05, 3.63) is 55.8 Å². The standard InChI is InChI=1S/C20H25N3O3S2/c1-11(2)10-23-19-14(18(25)22(5)20(23)26)16(27-12(3)4)17(28-19)15(24)13-7-6-8-21-9-13/h6-9,11-12,15,24H,10H2,1-5H3. The van der Waals surface area contributed by atoms with Gasteiger partial charge in [0.25, 0.3) is 5.56 Å². The molecule has 0 amide bonds. The Balaban J connectivity index is 2.37. The molecule has 8 heteroatoms. The van der Waals surface area contributed by atoms with E-state index in [4.69, 9.17) is 0 Å². The van der Waals surface area contributed by atoms with E-state index in [-0.39, 0.29) is 22.4 Å². The first-order valence-electron chi connectivity index (χ1n) is 9.23. The number of thioether (sulfide) groups is 1. The molecule has 0 aliphatic carbocycles. The van der Waals surface area contributed by atoms with Crippen LogP contribution in [0.5, 0.6) is 0 Å². The molecule has 3 heterocycles. The SMILES string of the molecule is CC(C)Cn1c(=O)n(C)c(=O)c2c(SC(C)C)c(C(O)c3cccnc3)sc21. The molecular formula is C20H25N3O3S2. The van der Waals surface area contributed by atoms with Gasteiger partial charge in [-0.15, -0.1) is 23.1 Å². The zero-order valence-electron chi connectivity index (χ0n) is 16.7. The number of thiophene rings is 1. The molecule has 0 radical (unpaired) electrons. The monoisotopic (exact) mass is 419 g/mol. The van der Waals surface area contributed by atoms with Gasteiger partial charge in [-0.1, -0.05) is 33.8 Å². The molecule has 3 aromatic rings. The lowest BCUT2D eigenvalue weighted by atomic mass is 10.1. The quantitative estimate of drug-likeness (QED) is 0.620. The summed E-state index contributed by atoms with van der Waals surface area (Å²) in [5.74, 6) is 0.244. The van der Waals surface area contributed by atoms with Crippen LogP contribution in [0, 0.1) is 5.92 Å². The largest absolute Gasteiger partial charge is 0.383 e. The zero-order valence-corrected chi connectivity index (χ0v) is 18.3. The number of hydrogen-bond donors (Lipinski definition) is 1. The van der Waals surface area contributed by atoms with E-state index in [0.717, 1.165) is 4.90 Å². The minimum absolute atomic E-state index is 0.216. The van der Waals surface area contributed by atoms with Gasteiger partial charge in [-0.2, -0.15) is 0 Å². The Labute approximate surface area is 171 Å². The second kappa shape index (κ2) is 8.23. The Morgan fingerprint density at radius 1 is 1.25 bits per heavy atom. The highest BCUT2D eigenvalue weighted by Gasteiger charge is 2.26. The molecule has 3 rings (SSSR count). The van der Waals surface area contributed by atoms with Gasteiger partial charge in [0, 0.05) is 41.7 Å². The van der Waals surface area contributed by atoms with Gasteiger partial charge >= 0.3 is 5.69 Å². The van der Waals surface area contributed by atoms with Crippen LogP contribution in [0.3, 0.4) is 0 Å². The van der Waals surface area contributed by atoms with Crippen molar-refractivity contribution in [3.8, 4) is 0 Å². The average molecular weight is 420 g/mol. The van der Waals surface area contributed by atoms with Crippen LogP contribution in [0.15, 0.2) is 39.0 Å². The van der Waals surface area contributed by atoms with Crippen molar-refractivity contribution in [3.63, 3.8) is 0 Å². The highest BCUT2D eigenvalue weighted by Crippen LogP contribution is 2.43. The van der Waals surface area contributed by atoms with E-state index >= 15 is 0 Å². The van der Waals surface area contributed by atoms with Crippen LogP contribution in [0.2, 0.25) is 0 Å². The van der Waals surface area contributed by atoms with Gasteiger partial charge in [-0.05, 0) is 12.0 Å². The predicted molar refractivity (Wildman–Crippen MR) is 115 cm³/mol. The highest BCUT2D eigenvalue weighted by atomic mass is 32.2. The molecule has 1 atom stereocenters. The Morgan fingerprint density at radius 3 is 2.54 bits per heavy atom. The number of aliphatic hydroxyl groups excluding tert-OH is 1. The molecule has 0 fully saturated rings. The van der Waals surface area contributed by atoms with Gasteiger partial charge in [-0.25, -0.2) is 4.79 Å². The molecule has 0 saturated heterocycles. The maximum absolute atomic E-state index is 13.0. The molecular weight excluding hydrogens is 394 g/mol. The number of aliphatic hydroxyl groups is 1. The maximum Gasteiger partial charge on any atom is 0.331 e. The van der Waals surface area contributed by atoms with Crippen LogP contribution >= 0.6 is 23.1 Å². The summed E-state index contributed by atoms with van der Waals surface area (Å²) < 4.78 is 2.83. The van der Waals surface area contributed by atoms with Gasteiger partial charge in [0.15, 0.2) is 0 Å². The third-order valence-electron chi connectivity index (χ3n) is 4.30. The van der Waals surface area contributed by atoms with Crippen LogP contribution in [-0.2, 0) is 13.6 Å². The van der Waals surface area contributed by atoms with Crippen molar-refractivity contribution >= 4 is 33.3 Å². The molecule has 1 N–H and O–H groups in total. The molecule has 0 aliphatic heterocycles. The molecule has 1 unspecified atom stereocenters. The molecule has 28 heavy (non-hydrogen) atoms. The summed E-state index contributed by atoms with van der Waals surface area (Å²) >= 11 is 2.87. The normalized spacial score (nSPS) is 13.0. The fourth-order valence-electron chi connectivity index (χ4n) is 3.07. The van der Waals surface area contributed by atoms with Crippen LogP contribution in [0.1, 0.15) is 44.2 Å². The summed E-state index contributed by atoms with van der Waals surface area (Å²) in [6.45, 7) is 8.67. The lowest BCUT2D eigenvalue weighted by Gasteiger charge is -2.13. The van der Waals surface area contributed by atoms with Crippen molar-refractivity contribution in [2.75, 3.05) is 0 Å². The van der Waals surface area contributed by atoms with Gasteiger partial charge in [0.05, 0.1) is 10.3 Å². The number of pyridine rings is 1. The molecule has 3 aromatic heterocycles. The number of aromatic nitrogens is 3. The van der Waals surface area contributed by atoms with Gasteiger partial charge < -0.3 is 5.11 Å². The van der Waals surface area contributed by atoms with E-state index in [9.17, 15) is 14.7 Å². The fraction of sp³-hybridized carbons (Fsp3) is 0.450. The Morgan fingerprint density at radius 2 is 1.96 bits per heavy atom. The topological polar surface area (TPSA) is 77.1 Å². The summed E-state index contributed by atoms with van der Waals surface area (Å²) in [5, 5.41) is 11.8. The first-order valence-corrected chi connectivity index (χ1v) is 10.9. The molecule has 6 nitrogen and oxygen atoms in total. The van der Waals surface area contributed by atoms with Crippen molar-refractivity contribution < 1.29 is 5.11 Å². The third kappa shape index (κ3) is 3.81. The van der Waals surface area contributed by atoms with Crippen LogP contribution < -0.4 is 11.2 Å². The Hall–Kier alpha value is -1.90. The van der Waals surface area contributed by atoms with Crippen LogP contribution in [0.25, 0.3) is 10.2 Å². The van der Waals surface area contributed by atoms with Gasteiger partial charge in [-0.3, -0.25) is 18.9 Å². The number of fused-ring (bicyclic) bond motifs is 1. The molecule has 0 aliphatic rings. The summed E-state index contributed by atoms with van der Waals surface area (Å²) in [5.41, 5.74) is 0.0225. The van der Waals surface area contributed by atoms with Gasteiger partial charge in [0.1, 0.15) is 10.9 Å². The third-order valence-corrected chi connectivity index (χ3v) is 6.83. The average Bonchev–Trinajstić information content (AvgIpc) is 3.01. The summed E-state index contributed by atoms with van der Waals surface area (Å²) in [7, 11) is 1.51. The highest BCUT2D eigenvalue weighted by molar-refractivity contribution is 8.00. The number of rotatable bonds is 6. The molecule has 0 bridgehead atoms. The van der Waals surface area contributed by atoms with Crippen molar-refractivity contribution in [1.29, 1.82) is 0 Å². The summed E-state index contributed by atoms with van der Waals surface area (Å²) in [6, 6.07) is 3.58. The fourth-order valence-corrected chi connectivity index (χ4v) is 5.61. The van der Waals surface area contributed by atoms with E-state index in [0.29, 0.717) is 27.2 Å². The van der Waals surface area contributed by atoms with Crippen molar-refractivity contribution in [2.45, 2.75) is 50.5 Å². The lowest BCUT2D eigenvalue weighted by molar-refractivity contribution is 0.221. The second-order valence-corrected chi connectivity index (χ2v) is 10.1. The molecule has 0 aromatic carbocycles. The number of hydrogen-bond acceptors (Lipinski definition) is 6. The Bertz CT molecular complexity index is 1100. The van der Waals surface area contributed by atoms with E-state index in [1.165, 1.54) is 23.0 Å². The minimum Gasteiger partial charge on any atom is -0.383 e. The van der Waals surface area contributed by atoms with Crippen molar-refractivity contribution in [2.24, 2.45) is 13.0 Å². The molecule has 150 valence electrons. The molecule has 0 spiro atoms. The maximum atomic E-state index is 13.0.